The molecule has 0 N–H and O–H groups in total. The first-order valence-corrected chi connectivity index (χ1v) is 11.9. The van der Waals surface area contributed by atoms with Crippen molar-refractivity contribution in [2.24, 2.45) is 5.92 Å². The zero-order valence-corrected chi connectivity index (χ0v) is 17.4. The molecule has 0 heterocycles. The molecular weight excluding hydrogens is 360 g/mol. The van der Waals surface area contributed by atoms with Crippen LogP contribution in [-0.4, -0.2) is 65.0 Å². The Bertz CT molecular complexity index is 755. The summed E-state index contributed by atoms with van der Waals surface area (Å²) in [6, 6.07) is 5.59. The molecule has 25 heavy (non-hydrogen) atoms. The zero-order valence-electron chi connectivity index (χ0n) is 15.8. The number of hydrogen-bond donors (Lipinski definition) is 0. The highest BCUT2D eigenvalue weighted by Gasteiger charge is 2.26. The lowest BCUT2D eigenvalue weighted by Crippen LogP contribution is -2.40. The van der Waals surface area contributed by atoms with E-state index >= 15 is 0 Å². The van der Waals surface area contributed by atoms with E-state index in [1.807, 2.05) is 27.7 Å². The van der Waals surface area contributed by atoms with Crippen molar-refractivity contribution in [3.63, 3.8) is 0 Å². The van der Waals surface area contributed by atoms with Crippen molar-refractivity contribution in [3.8, 4) is 0 Å². The maximum Gasteiger partial charge on any atom is 0.243 e. The van der Waals surface area contributed by atoms with E-state index in [0.29, 0.717) is 19.6 Å². The van der Waals surface area contributed by atoms with Gasteiger partial charge in [-0.3, -0.25) is 0 Å². The van der Waals surface area contributed by atoms with E-state index in [1.54, 1.807) is 0 Å². The highest BCUT2D eigenvalue weighted by Crippen LogP contribution is 2.20. The standard InChI is InChI=1S/C17H30N2O4S2/c1-6-18(7-2)11-12-19(14-15(3)4)25(22,23)17-10-8-9-16(13-17)24(5,20)21/h8-10,13,15H,6-7,11-12,14H2,1-5H3. The van der Waals surface area contributed by atoms with Gasteiger partial charge in [-0.25, -0.2) is 16.8 Å². The number of likely N-dealkylation sites (N-methyl/N-ethyl adjacent to an activating group) is 1. The lowest BCUT2D eigenvalue weighted by Gasteiger charge is -2.27. The van der Waals surface area contributed by atoms with Gasteiger partial charge in [0.1, 0.15) is 0 Å². The van der Waals surface area contributed by atoms with E-state index in [0.717, 1.165) is 19.3 Å². The average Bonchev–Trinajstić information content (AvgIpc) is 2.53. The quantitative estimate of drug-likeness (QED) is 0.611. The second kappa shape index (κ2) is 9.12. The van der Waals surface area contributed by atoms with E-state index in [1.165, 1.54) is 28.6 Å². The molecule has 1 aromatic carbocycles. The predicted molar refractivity (Wildman–Crippen MR) is 101 cm³/mol. The zero-order chi connectivity index (χ0) is 19.3. The molecule has 0 spiro atoms. The van der Waals surface area contributed by atoms with Crippen molar-refractivity contribution in [1.82, 2.24) is 9.21 Å². The van der Waals surface area contributed by atoms with Gasteiger partial charge >= 0.3 is 0 Å². The summed E-state index contributed by atoms with van der Waals surface area (Å²) in [6.45, 7) is 11.1. The molecule has 0 aliphatic heterocycles. The lowest BCUT2D eigenvalue weighted by atomic mass is 10.2. The second-order valence-electron chi connectivity index (χ2n) is 6.53. The minimum absolute atomic E-state index is 0.0156. The van der Waals surface area contributed by atoms with Crippen LogP contribution in [0, 0.1) is 5.92 Å². The molecule has 0 saturated heterocycles. The molecule has 0 radical (unpaired) electrons. The van der Waals surface area contributed by atoms with E-state index in [-0.39, 0.29) is 15.7 Å². The molecule has 0 fully saturated rings. The van der Waals surface area contributed by atoms with Crippen LogP contribution in [0.3, 0.4) is 0 Å². The van der Waals surface area contributed by atoms with Crippen molar-refractivity contribution >= 4 is 19.9 Å². The van der Waals surface area contributed by atoms with Crippen LogP contribution in [-0.2, 0) is 19.9 Å². The summed E-state index contributed by atoms with van der Waals surface area (Å²) in [4.78, 5) is 2.20. The fourth-order valence-electron chi connectivity index (χ4n) is 2.52. The Labute approximate surface area is 152 Å². The smallest absolute Gasteiger partial charge is 0.243 e. The first kappa shape index (κ1) is 22.1. The summed E-state index contributed by atoms with van der Waals surface area (Å²) in [5.41, 5.74) is 0. The van der Waals surface area contributed by atoms with E-state index < -0.39 is 19.9 Å². The van der Waals surface area contributed by atoms with Crippen LogP contribution >= 0.6 is 0 Å². The minimum atomic E-state index is -3.75. The third-order valence-corrected chi connectivity index (χ3v) is 6.97. The van der Waals surface area contributed by atoms with E-state index in [9.17, 15) is 16.8 Å². The molecule has 0 amide bonds. The highest BCUT2D eigenvalue weighted by molar-refractivity contribution is 7.91. The molecule has 0 aliphatic rings. The molecule has 0 saturated carbocycles. The lowest BCUT2D eigenvalue weighted by molar-refractivity contribution is 0.262. The fraction of sp³-hybridized carbons (Fsp3) is 0.647. The Hall–Kier alpha value is -0.960. The number of rotatable bonds is 10. The topological polar surface area (TPSA) is 74.8 Å². The van der Waals surface area contributed by atoms with Crippen molar-refractivity contribution in [1.29, 1.82) is 0 Å². The first-order valence-electron chi connectivity index (χ1n) is 8.55. The molecule has 0 aliphatic carbocycles. The van der Waals surface area contributed by atoms with E-state index in [2.05, 4.69) is 4.90 Å². The SMILES string of the molecule is CCN(CC)CCN(CC(C)C)S(=O)(=O)c1cccc(S(C)(=O)=O)c1. The molecule has 0 bridgehead atoms. The molecule has 1 aromatic rings. The van der Waals surface area contributed by atoms with Crippen molar-refractivity contribution < 1.29 is 16.8 Å². The normalized spacial score (nSPS) is 13.1. The number of hydrogen-bond acceptors (Lipinski definition) is 5. The van der Waals surface area contributed by atoms with Gasteiger partial charge in [-0.2, -0.15) is 4.31 Å². The molecule has 6 nitrogen and oxygen atoms in total. The predicted octanol–water partition coefficient (Wildman–Crippen LogP) is 2.08. The fourth-order valence-corrected chi connectivity index (χ4v) is 4.91. The van der Waals surface area contributed by atoms with Crippen LogP contribution in [0.25, 0.3) is 0 Å². The monoisotopic (exact) mass is 390 g/mol. The Balaban J connectivity index is 3.18. The maximum absolute atomic E-state index is 13.0. The summed E-state index contributed by atoms with van der Waals surface area (Å²) in [6.07, 6.45) is 1.07. The molecule has 1 rings (SSSR count). The van der Waals surface area contributed by atoms with Crippen molar-refractivity contribution in [3.05, 3.63) is 24.3 Å². The molecule has 144 valence electrons. The first-order chi connectivity index (χ1) is 11.5. The minimum Gasteiger partial charge on any atom is -0.303 e. The van der Waals surface area contributed by atoms with Crippen molar-refractivity contribution in [2.45, 2.75) is 37.5 Å². The second-order valence-corrected chi connectivity index (χ2v) is 10.5. The Kier molecular flexibility index (Phi) is 8.05. The van der Waals surface area contributed by atoms with Crippen LogP contribution in [0.5, 0.6) is 0 Å². The summed E-state index contributed by atoms with van der Waals surface area (Å²) in [7, 11) is -7.21. The van der Waals surface area contributed by atoms with Crippen LogP contribution in [0.1, 0.15) is 27.7 Å². The van der Waals surface area contributed by atoms with Gasteiger partial charge in [0.2, 0.25) is 10.0 Å². The highest BCUT2D eigenvalue weighted by atomic mass is 32.2. The van der Waals surface area contributed by atoms with Crippen LogP contribution < -0.4 is 0 Å². The van der Waals surface area contributed by atoms with Gasteiger partial charge in [-0.05, 0) is 37.2 Å². The van der Waals surface area contributed by atoms with Crippen LogP contribution in [0.4, 0.5) is 0 Å². The van der Waals surface area contributed by atoms with Crippen molar-refractivity contribution in [2.75, 3.05) is 39.0 Å². The molecule has 0 atom stereocenters. The number of sulfonamides is 1. The number of nitrogens with zero attached hydrogens (tertiary/aromatic N) is 2. The van der Waals surface area contributed by atoms with Crippen LogP contribution in [0.2, 0.25) is 0 Å². The summed E-state index contributed by atoms with van der Waals surface area (Å²) >= 11 is 0. The van der Waals surface area contributed by atoms with Crippen LogP contribution in [0.15, 0.2) is 34.1 Å². The average molecular weight is 391 g/mol. The van der Waals surface area contributed by atoms with Gasteiger partial charge in [-0.15, -0.1) is 0 Å². The third-order valence-electron chi connectivity index (χ3n) is 4.00. The van der Waals surface area contributed by atoms with E-state index in [4.69, 9.17) is 0 Å². The largest absolute Gasteiger partial charge is 0.303 e. The number of sulfone groups is 1. The van der Waals surface area contributed by atoms with Gasteiger partial charge in [0.15, 0.2) is 9.84 Å². The summed E-state index contributed by atoms with van der Waals surface area (Å²) in [5.74, 6) is 0.171. The Morgan fingerprint density at radius 2 is 1.52 bits per heavy atom. The molecule has 8 heteroatoms. The van der Waals surface area contributed by atoms with Gasteiger partial charge < -0.3 is 4.90 Å². The molecular formula is C17H30N2O4S2. The summed E-state index contributed by atoms with van der Waals surface area (Å²) < 4.78 is 51.0. The molecule has 0 aromatic heterocycles. The van der Waals surface area contributed by atoms with Gasteiger partial charge in [0, 0.05) is 25.9 Å². The van der Waals surface area contributed by atoms with Gasteiger partial charge in [0.05, 0.1) is 9.79 Å². The Morgan fingerprint density at radius 1 is 0.960 bits per heavy atom. The Morgan fingerprint density at radius 3 is 2.00 bits per heavy atom. The maximum atomic E-state index is 13.0. The summed E-state index contributed by atoms with van der Waals surface area (Å²) in [5, 5.41) is 0. The van der Waals surface area contributed by atoms with Gasteiger partial charge in [-0.1, -0.05) is 33.8 Å². The molecule has 0 unspecified atom stereocenters. The van der Waals surface area contributed by atoms with Gasteiger partial charge in [0.25, 0.3) is 0 Å². The third kappa shape index (κ3) is 6.36. The number of benzene rings is 1.